The molecule has 0 radical (unpaired) electrons. The van der Waals surface area contributed by atoms with Crippen molar-refractivity contribution in [2.75, 3.05) is 14.2 Å². The number of rotatable bonds is 7. The molecule has 1 heterocycles. The highest BCUT2D eigenvalue weighted by molar-refractivity contribution is 7.89. The van der Waals surface area contributed by atoms with Crippen molar-refractivity contribution in [1.29, 1.82) is 0 Å². The predicted octanol–water partition coefficient (Wildman–Crippen LogP) is 3.27. The number of sulfonamides is 1. The Labute approximate surface area is 198 Å². The van der Waals surface area contributed by atoms with E-state index in [0.29, 0.717) is 17.1 Å². The Balaban J connectivity index is 1.63. The first-order valence-electron chi connectivity index (χ1n) is 10.7. The van der Waals surface area contributed by atoms with Crippen LogP contribution < -0.4 is 14.8 Å². The summed E-state index contributed by atoms with van der Waals surface area (Å²) in [6.07, 6.45) is 0.220. The third kappa shape index (κ3) is 4.76. The Morgan fingerprint density at radius 1 is 1.03 bits per heavy atom. The zero-order chi connectivity index (χ0) is 24.3. The molecule has 1 N–H and O–H groups in total. The van der Waals surface area contributed by atoms with Crippen LogP contribution in [0.2, 0.25) is 0 Å². The molecule has 0 saturated heterocycles. The molecule has 0 saturated carbocycles. The lowest BCUT2D eigenvalue weighted by molar-refractivity contribution is -0.125. The molecular weight excluding hydrogens is 459 g/mol. The zero-order valence-electron chi connectivity index (χ0n) is 18.8. The van der Waals surface area contributed by atoms with E-state index < -0.39 is 27.8 Å². The van der Waals surface area contributed by atoms with Gasteiger partial charge < -0.3 is 14.8 Å². The number of carbonyl (C=O) groups is 1. The highest BCUT2D eigenvalue weighted by Gasteiger charge is 2.39. The topological polar surface area (TPSA) is 84.9 Å². The van der Waals surface area contributed by atoms with Gasteiger partial charge in [-0.15, -0.1) is 0 Å². The van der Waals surface area contributed by atoms with Crippen LogP contribution in [0.5, 0.6) is 11.5 Å². The van der Waals surface area contributed by atoms with Gasteiger partial charge in [-0.2, -0.15) is 4.31 Å². The quantitative estimate of drug-likeness (QED) is 0.557. The average Bonchev–Trinajstić information content (AvgIpc) is 2.86. The van der Waals surface area contributed by atoms with Gasteiger partial charge in [-0.05, 0) is 60.0 Å². The van der Waals surface area contributed by atoms with Crippen molar-refractivity contribution in [2.45, 2.75) is 30.4 Å². The first kappa shape index (κ1) is 23.7. The SMILES string of the molecule is COc1ccc(OC)c(CNC(=O)[C@@H]2Cc3ccccc3CN2S(=O)(=O)c2ccc(F)cc2)c1. The van der Waals surface area contributed by atoms with E-state index in [1.54, 1.807) is 25.3 Å². The van der Waals surface area contributed by atoms with Crippen LogP contribution in [0.25, 0.3) is 0 Å². The predicted molar refractivity (Wildman–Crippen MR) is 124 cm³/mol. The van der Waals surface area contributed by atoms with Gasteiger partial charge in [-0.3, -0.25) is 4.79 Å². The number of ether oxygens (including phenoxy) is 2. The number of hydrogen-bond donors (Lipinski definition) is 1. The van der Waals surface area contributed by atoms with Gasteiger partial charge in [0.25, 0.3) is 0 Å². The monoisotopic (exact) mass is 484 g/mol. The molecule has 0 aliphatic carbocycles. The lowest BCUT2D eigenvalue weighted by Crippen LogP contribution is -2.52. The largest absolute Gasteiger partial charge is 0.497 e. The number of halogens is 1. The fourth-order valence-corrected chi connectivity index (χ4v) is 5.60. The van der Waals surface area contributed by atoms with Crippen molar-refractivity contribution in [3.63, 3.8) is 0 Å². The van der Waals surface area contributed by atoms with Crippen LogP contribution in [0.1, 0.15) is 16.7 Å². The number of nitrogens with one attached hydrogen (secondary N) is 1. The highest BCUT2D eigenvalue weighted by atomic mass is 32.2. The van der Waals surface area contributed by atoms with E-state index in [1.807, 2.05) is 24.3 Å². The van der Waals surface area contributed by atoms with E-state index >= 15 is 0 Å². The van der Waals surface area contributed by atoms with E-state index in [9.17, 15) is 17.6 Å². The van der Waals surface area contributed by atoms with E-state index in [4.69, 9.17) is 9.47 Å². The van der Waals surface area contributed by atoms with Crippen molar-refractivity contribution in [1.82, 2.24) is 9.62 Å². The van der Waals surface area contributed by atoms with E-state index in [-0.39, 0.29) is 24.4 Å². The van der Waals surface area contributed by atoms with Crippen molar-refractivity contribution in [2.24, 2.45) is 0 Å². The molecule has 4 rings (SSSR count). The molecule has 0 bridgehead atoms. The number of fused-ring (bicyclic) bond motifs is 1. The second-order valence-electron chi connectivity index (χ2n) is 7.89. The van der Waals surface area contributed by atoms with Gasteiger partial charge in [0, 0.05) is 18.7 Å². The van der Waals surface area contributed by atoms with E-state index in [2.05, 4.69) is 5.32 Å². The van der Waals surface area contributed by atoms with Crippen molar-refractivity contribution < 1.29 is 27.1 Å². The maximum atomic E-state index is 13.5. The molecule has 0 unspecified atom stereocenters. The van der Waals surface area contributed by atoms with Gasteiger partial charge in [-0.1, -0.05) is 24.3 Å². The van der Waals surface area contributed by atoms with Gasteiger partial charge in [0.15, 0.2) is 0 Å². The molecule has 3 aromatic carbocycles. The first-order valence-corrected chi connectivity index (χ1v) is 12.1. The van der Waals surface area contributed by atoms with Crippen LogP contribution in [-0.2, 0) is 34.3 Å². The van der Waals surface area contributed by atoms with E-state index in [1.165, 1.54) is 23.5 Å². The molecular formula is C25H25FN2O5S. The molecule has 1 aliphatic rings. The van der Waals surface area contributed by atoms with Crippen LogP contribution in [-0.4, -0.2) is 38.9 Å². The summed E-state index contributed by atoms with van der Waals surface area (Å²) in [4.78, 5) is 13.3. The molecule has 7 nitrogen and oxygen atoms in total. The lowest BCUT2D eigenvalue weighted by atomic mass is 9.95. The van der Waals surface area contributed by atoms with E-state index in [0.717, 1.165) is 23.3 Å². The van der Waals surface area contributed by atoms with Gasteiger partial charge in [0.1, 0.15) is 23.4 Å². The first-order chi connectivity index (χ1) is 16.3. The number of amides is 1. The molecule has 178 valence electrons. The molecule has 0 aromatic heterocycles. The number of carbonyl (C=O) groups excluding carboxylic acids is 1. The minimum absolute atomic E-state index is 0.0381. The van der Waals surface area contributed by atoms with Crippen LogP contribution in [0.4, 0.5) is 4.39 Å². The molecule has 1 amide bonds. The average molecular weight is 485 g/mol. The summed E-state index contributed by atoms with van der Waals surface area (Å²) in [6.45, 7) is 0.165. The summed E-state index contributed by atoms with van der Waals surface area (Å²) in [6, 6.07) is 16.3. The summed E-state index contributed by atoms with van der Waals surface area (Å²) in [7, 11) is -0.988. The van der Waals surface area contributed by atoms with Crippen LogP contribution in [0.15, 0.2) is 71.6 Å². The van der Waals surface area contributed by atoms with Crippen LogP contribution in [0.3, 0.4) is 0 Å². The summed E-state index contributed by atoms with van der Waals surface area (Å²) in [5.41, 5.74) is 2.43. The molecule has 3 aromatic rings. The number of benzene rings is 3. The Morgan fingerprint density at radius 3 is 2.41 bits per heavy atom. The van der Waals surface area contributed by atoms with Crippen LogP contribution >= 0.6 is 0 Å². The summed E-state index contributed by atoms with van der Waals surface area (Å²) >= 11 is 0. The Hall–Kier alpha value is -3.43. The fourth-order valence-electron chi connectivity index (χ4n) is 4.04. The number of methoxy groups -OCH3 is 2. The minimum atomic E-state index is -4.06. The summed E-state index contributed by atoms with van der Waals surface area (Å²) in [5.74, 6) is 0.206. The zero-order valence-corrected chi connectivity index (χ0v) is 19.6. The molecule has 9 heteroatoms. The molecule has 1 atom stereocenters. The van der Waals surface area contributed by atoms with Crippen LogP contribution in [0, 0.1) is 5.82 Å². The standard InChI is InChI=1S/C25H25FN2O5S/c1-32-21-9-12-24(33-2)19(13-21)15-27-25(29)23-14-17-5-3-4-6-18(17)16-28(23)34(30,31)22-10-7-20(26)8-11-22/h3-13,23H,14-16H2,1-2H3,(H,27,29)/t23-/m0/s1. The van der Waals surface area contributed by atoms with Crippen molar-refractivity contribution in [3.05, 3.63) is 89.2 Å². The second-order valence-corrected chi connectivity index (χ2v) is 9.78. The smallest absolute Gasteiger partial charge is 0.244 e. The fraction of sp³-hybridized carbons (Fsp3) is 0.240. The number of hydrogen-bond acceptors (Lipinski definition) is 5. The Bertz CT molecular complexity index is 1290. The molecule has 1 aliphatic heterocycles. The van der Waals surface area contributed by atoms with Gasteiger partial charge in [0.05, 0.1) is 19.1 Å². The lowest BCUT2D eigenvalue weighted by Gasteiger charge is -2.35. The minimum Gasteiger partial charge on any atom is -0.497 e. The number of nitrogens with zero attached hydrogens (tertiary/aromatic N) is 1. The van der Waals surface area contributed by atoms with Crippen molar-refractivity contribution >= 4 is 15.9 Å². The third-order valence-corrected chi connectivity index (χ3v) is 7.74. The normalized spacial score (nSPS) is 15.9. The van der Waals surface area contributed by atoms with Gasteiger partial charge >= 0.3 is 0 Å². The Kier molecular flexibility index (Phi) is 6.85. The van der Waals surface area contributed by atoms with Gasteiger partial charge in [0.2, 0.25) is 15.9 Å². The van der Waals surface area contributed by atoms with Gasteiger partial charge in [-0.25, -0.2) is 12.8 Å². The molecule has 0 fully saturated rings. The second kappa shape index (κ2) is 9.82. The highest BCUT2D eigenvalue weighted by Crippen LogP contribution is 2.30. The van der Waals surface area contributed by atoms with Crippen molar-refractivity contribution in [3.8, 4) is 11.5 Å². The maximum absolute atomic E-state index is 13.5. The summed E-state index contributed by atoms with van der Waals surface area (Å²) in [5, 5.41) is 2.85. The molecule has 34 heavy (non-hydrogen) atoms. The maximum Gasteiger partial charge on any atom is 0.244 e. The third-order valence-electron chi connectivity index (χ3n) is 5.87. The Morgan fingerprint density at radius 2 is 1.74 bits per heavy atom. The summed E-state index contributed by atoms with van der Waals surface area (Å²) < 4.78 is 52.1. The molecule has 0 spiro atoms.